The molecule has 1 aromatic rings. The maximum Gasteiger partial charge on any atom is 0.408 e. The van der Waals surface area contributed by atoms with Gasteiger partial charge < -0.3 is 10.2 Å². The number of nitrogens with one attached hydrogen (secondary N) is 1. The van der Waals surface area contributed by atoms with Gasteiger partial charge in [-0.1, -0.05) is 18.2 Å². The molecule has 5 nitrogen and oxygen atoms in total. The van der Waals surface area contributed by atoms with E-state index in [4.69, 9.17) is 11.6 Å². The first kappa shape index (κ1) is 22.8. The summed E-state index contributed by atoms with van der Waals surface area (Å²) < 4.78 is 54.4. The molecule has 30 heavy (non-hydrogen) atoms. The molecule has 2 saturated heterocycles. The van der Waals surface area contributed by atoms with Crippen LogP contribution in [0.4, 0.5) is 17.6 Å². The Morgan fingerprint density at radius 2 is 1.90 bits per heavy atom. The second-order valence-electron chi connectivity index (χ2n) is 7.85. The molecule has 3 rings (SSSR count). The second-order valence-corrected chi connectivity index (χ2v) is 8.35. The molecule has 2 aliphatic heterocycles. The third kappa shape index (κ3) is 5.43. The van der Waals surface area contributed by atoms with Gasteiger partial charge in [0.05, 0.1) is 18.6 Å². The molecule has 0 bridgehead atoms. The Morgan fingerprint density at radius 3 is 2.53 bits per heavy atom. The molecule has 166 valence electrons. The number of alkyl halides is 5. The van der Waals surface area contributed by atoms with E-state index in [0.29, 0.717) is 12.0 Å². The van der Waals surface area contributed by atoms with Gasteiger partial charge in [-0.2, -0.15) is 13.2 Å². The van der Waals surface area contributed by atoms with E-state index in [1.54, 1.807) is 30.3 Å². The van der Waals surface area contributed by atoms with E-state index in [0.717, 1.165) is 4.90 Å². The number of halogens is 5. The number of amides is 2. The molecule has 1 aromatic carbocycles. The summed E-state index contributed by atoms with van der Waals surface area (Å²) in [5, 5.41) is 2.56. The summed E-state index contributed by atoms with van der Waals surface area (Å²) in [7, 11) is 0. The normalized spacial score (nSPS) is 27.8. The van der Waals surface area contributed by atoms with Gasteiger partial charge in [-0.15, -0.1) is 11.6 Å². The van der Waals surface area contributed by atoms with Crippen molar-refractivity contribution in [2.45, 2.75) is 49.1 Å². The van der Waals surface area contributed by atoms with E-state index in [9.17, 15) is 22.8 Å². The van der Waals surface area contributed by atoms with Gasteiger partial charge in [0.15, 0.2) is 0 Å². The van der Waals surface area contributed by atoms with Crippen LogP contribution in [0.3, 0.4) is 0 Å². The first-order valence-corrected chi connectivity index (χ1v) is 10.3. The molecule has 2 aliphatic rings. The first-order valence-electron chi connectivity index (χ1n) is 9.85. The van der Waals surface area contributed by atoms with Gasteiger partial charge in [0.1, 0.15) is 11.7 Å². The van der Waals surface area contributed by atoms with Gasteiger partial charge in [-0.25, -0.2) is 4.39 Å². The summed E-state index contributed by atoms with van der Waals surface area (Å²) in [6, 6.07) is 6.64. The highest BCUT2D eigenvalue weighted by Crippen LogP contribution is 2.34. The molecule has 0 saturated carbocycles. The summed E-state index contributed by atoms with van der Waals surface area (Å²) in [5.74, 6) is -1.05. The Kier molecular flexibility index (Phi) is 6.91. The number of hydrogen-bond donors (Lipinski definition) is 1. The minimum atomic E-state index is -4.46. The van der Waals surface area contributed by atoms with Crippen molar-refractivity contribution in [2.75, 3.05) is 26.2 Å². The summed E-state index contributed by atoms with van der Waals surface area (Å²) in [4.78, 5) is 26.9. The summed E-state index contributed by atoms with van der Waals surface area (Å²) >= 11 is 6.26. The molecule has 2 fully saturated rings. The predicted octanol–water partition coefficient (Wildman–Crippen LogP) is 3.34. The van der Waals surface area contributed by atoms with E-state index in [-0.39, 0.29) is 45.4 Å². The number of rotatable bonds is 5. The minimum absolute atomic E-state index is 0.0151. The average Bonchev–Trinajstić information content (AvgIpc) is 3.20. The van der Waals surface area contributed by atoms with Crippen molar-refractivity contribution in [2.24, 2.45) is 0 Å². The topological polar surface area (TPSA) is 52.7 Å². The molecule has 2 heterocycles. The first-order chi connectivity index (χ1) is 14.1. The fraction of sp³-hybridized carbons (Fsp3) is 0.600. The number of likely N-dealkylation sites (tertiary alicyclic amines) is 2. The Hall–Kier alpha value is -1.87. The largest absolute Gasteiger partial charge is 0.408 e. The molecule has 0 aromatic heterocycles. The van der Waals surface area contributed by atoms with Crippen molar-refractivity contribution in [3.8, 4) is 0 Å². The number of hydrogen-bond acceptors (Lipinski definition) is 3. The SMILES string of the molecule is O=C(NC[C@@]1(F)CCN(CC(=O)N2CCC[C@@H]2C(F)(F)F)[C@H](Cl)C1)c1ccccc1. The highest BCUT2D eigenvalue weighted by molar-refractivity contribution is 6.20. The summed E-state index contributed by atoms with van der Waals surface area (Å²) in [6.45, 7) is -0.342. The Labute approximate surface area is 177 Å². The molecule has 0 unspecified atom stereocenters. The van der Waals surface area contributed by atoms with Crippen LogP contribution >= 0.6 is 11.6 Å². The lowest BCUT2D eigenvalue weighted by atomic mass is 9.92. The van der Waals surface area contributed by atoms with Crippen molar-refractivity contribution >= 4 is 23.4 Å². The lowest BCUT2D eigenvalue weighted by Gasteiger charge is -2.40. The number of piperidine rings is 1. The van der Waals surface area contributed by atoms with Gasteiger partial charge in [0.25, 0.3) is 5.91 Å². The lowest BCUT2D eigenvalue weighted by molar-refractivity contribution is -0.183. The van der Waals surface area contributed by atoms with Crippen molar-refractivity contribution in [1.29, 1.82) is 0 Å². The number of nitrogens with zero attached hydrogens (tertiary/aromatic N) is 2. The van der Waals surface area contributed by atoms with Crippen molar-refractivity contribution in [3.63, 3.8) is 0 Å². The molecule has 1 N–H and O–H groups in total. The molecular weight excluding hydrogens is 426 g/mol. The third-order valence-corrected chi connectivity index (χ3v) is 6.10. The standard InChI is InChI=1S/C20H24ClF4N3O2/c21-16-11-19(22,13-26-18(30)14-5-2-1-3-6-14)8-10-27(16)12-17(29)28-9-4-7-15(28)20(23,24)25/h1-3,5-6,15-16H,4,7-13H2,(H,26,30)/t15-,16+,19-/m1/s1. The van der Waals surface area contributed by atoms with Gasteiger partial charge in [-0.3, -0.25) is 14.5 Å². The average molecular weight is 450 g/mol. The maximum atomic E-state index is 15.2. The van der Waals surface area contributed by atoms with E-state index < -0.39 is 35.2 Å². The molecule has 0 spiro atoms. The van der Waals surface area contributed by atoms with Gasteiger partial charge in [0, 0.05) is 25.1 Å². The van der Waals surface area contributed by atoms with E-state index >= 15 is 4.39 Å². The predicted molar refractivity (Wildman–Crippen MR) is 104 cm³/mol. The van der Waals surface area contributed by atoms with E-state index in [2.05, 4.69) is 5.32 Å². The summed E-state index contributed by atoms with van der Waals surface area (Å²) in [5.41, 5.74) is -2.19. The van der Waals surface area contributed by atoms with Crippen LogP contribution in [0.2, 0.25) is 0 Å². The monoisotopic (exact) mass is 449 g/mol. The fourth-order valence-corrected chi connectivity index (χ4v) is 4.40. The molecule has 3 atom stereocenters. The third-order valence-electron chi connectivity index (χ3n) is 5.67. The van der Waals surface area contributed by atoms with Crippen LogP contribution in [0, 0.1) is 0 Å². The quantitative estimate of drug-likeness (QED) is 0.426. The van der Waals surface area contributed by atoms with Crippen LogP contribution in [0.15, 0.2) is 30.3 Å². The van der Waals surface area contributed by atoms with Crippen molar-refractivity contribution in [3.05, 3.63) is 35.9 Å². The Bertz CT molecular complexity index is 764. The van der Waals surface area contributed by atoms with Crippen LogP contribution in [-0.4, -0.2) is 71.2 Å². The van der Waals surface area contributed by atoms with E-state index in [1.807, 2.05) is 0 Å². The zero-order chi connectivity index (χ0) is 21.9. The molecule has 10 heteroatoms. The smallest absolute Gasteiger partial charge is 0.349 e. The van der Waals surface area contributed by atoms with Gasteiger partial charge >= 0.3 is 6.18 Å². The fourth-order valence-electron chi connectivity index (χ4n) is 3.96. The maximum absolute atomic E-state index is 15.2. The molecule has 2 amide bonds. The van der Waals surface area contributed by atoms with Crippen LogP contribution in [0.1, 0.15) is 36.0 Å². The Balaban J connectivity index is 1.52. The van der Waals surface area contributed by atoms with Crippen molar-refractivity contribution < 1.29 is 27.2 Å². The van der Waals surface area contributed by atoms with Crippen LogP contribution in [-0.2, 0) is 4.79 Å². The number of carbonyl (C=O) groups excluding carboxylic acids is 2. The number of benzene rings is 1. The molecule has 0 aliphatic carbocycles. The molecule has 0 radical (unpaired) electrons. The highest BCUT2D eigenvalue weighted by atomic mass is 35.5. The molecular formula is C20H24ClF4N3O2. The van der Waals surface area contributed by atoms with Crippen LogP contribution in [0.25, 0.3) is 0 Å². The van der Waals surface area contributed by atoms with Crippen LogP contribution in [0.5, 0.6) is 0 Å². The number of carbonyl (C=O) groups is 2. The van der Waals surface area contributed by atoms with Crippen LogP contribution < -0.4 is 5.32 Å². The van der Waals surface area contributed by atoms with Gasteiger partial charge in [0.2, 0.25) is 5.91 Å². The zero-order valence-electron chi connectivity index (χ0n) is 16.3. The van der Waals surface area contributed by atoms with Gasteiger partial charge in [-0.05, 0) is 31.4 Å². The lowest BCUT2D eigenvalue weighted by Crippen LogP contribution is -2.54. The second kappa shape index (κ2) is 9.09. The highest BCUT2D eigenvalue weighted by Gasteiger charge is 2.48. The minimum Gasteiger partial charge on any atom is -0.349 e. The van der Waals surface area contributed by atoms with E-state index in [1.165, 1.54) is 4.90 Å². The zero-order valence-corrected chi connectivity index (χ0v) is 17.1. The Morgan fingerprint density at radius 1 is 1.20 bits per heavy atom. The summed E-state index contributed by atoms with van der Waals surface area (Å²) in [6.07, 6.45) is -4.39. The van der Waals surface area contributed by atoms with Crippen molar-refractivity contribution in [1.82, 2.24) is 15.1 Å².